The molecule has 0 fully saturated rings. The molecule has 0 spiro atoms. The summed E-state index contributed by atoms with van der Waals surface area (Å²) in [6, 6.07) is 17.4. The SMILES string of the molecule is CCOc1ccc2nnc(-c3ccccc3Sc3ccc4nc(OC(N)=O)sc4c3)n2n1. The van der Waals surface area contributed by atoms with Gasteiger partial charge in [-0.2, -0.15) is 4.52 Å². The summed E-state index contributed by atoms with van der Waals surface area (Å²) in [5.41, 5.74) is 7.35. The van der Waals surface area contributed by atoms with E-state index in [4.69, 9.17) is 15.2 Å². The number of hydrogen-bond acceptors (Lipinski definition) is 9. The molecule has 0 atom stereocenters. The van der Waals surface area contributed by atoms with Crippen LogP contribution < -0.4 is 15.2 Å². The van der Waals surface area contributed by atoms with Crippen LogP contribution in [0.15, 0.2) is 64.4 Å². The molecule has 160 valence electrons. The van der Waals surface area contributed by atoms with Gasteiger partial charge in [-0.15, -0.1) is 15.3 Å². The second-order valence-corrected chi connectivity index (χ2v) is 8.64. The lowest BCUT2D eigenvalue weighted by molar-refractivity contribution is 0.211. The molecule has 9 nitrogen and oxygen atoms in total. The zero-order valence-electron chi connectivity index (χ0n) is 16.8. The summed E-state index contributed by atoms with van der Waals surface area (Å²) in [7, 11) is 0. The number of rotatable bonds is 6. The smallest absolute Gasteiger partial charge is 0.411 e. The lowest BCUT2D eigenvalue weighted by Gasteiger charge is -2.08. The second kappa shape index (κ2) is 8.44. The highest BCUT2D eigenvalue weighted by Crippen LogP contribution is 2.38. The molecular weight excluding hydrogens is 448 g/mol. The van der Waals surface area contributed by atoms with Gasteiger partial charge in [0.05, 0.1) is 16.8 Å². The highest BCUT2D eigenvalue weighted by atomic mass is 32.2. The van der Waals surface area contributed by atoms with Gasteiger partial charge in [0.1, 0.15) is 0 Å². The van der Waals surface area contributed by atoms with Gasteiger partial charge in [0.25, 0.3) is 5.19 Å². The van der Waals surface area contributed by atoms with E-state index in [0.29, 0.717) is 24.0 Å². The number of fused-ring (bicyclic) bond motifs is 2. The van der Waals surface area contributed by atoms with Crippen LogP contribution in [-0.4, -0.2) is 37.5 Å². The lowest BCUT2D eigenvalue weighted by atomic mass is 10.2. The van der Waals surface area contributed by atoms with Gasteiger partial charge in [-0.1, -0.05) is 35.2 Å². The number of hydrogen-bond donors (Lipinski definition) is 1. The molecule has 0 aliphatic rings. The van der Waals surface area contributed by atoms with E-state index in [9.17, 15) is 4.79 Å². The van der Waals surface area contributed by atoms with E-state index in [1.54, 1.807) is 22.3 Å². The average Bonchev–Trinajstić information content (AvgIpc) is 3.37. The number of carbonyl (C=O) groups excluding carboxylic acids is 1. The number of ether oxygens (including phenoxy) is 2. The molecule has 0 saturated heterocycles. The molecule has 5 rings (SSSR count). The van der Waals surface area contributed by atoms with Crippen molar-refractivity contribution in [2.75, 3.05) is 6.61 Å². The number of nitrogens with zero attached hydrogens (tertiary/aromatic N) is 5. The third kappa shape index (κ3) is 3.95. The molecule has 0 aliphatic carbocycles. The lowest BCUT2D eigenvalue weighted by Crippen LogP contribution is -2.15. The van der Waals surface area contributed by atoms with Gasteiger partial charge < -0.3 is 15.2 Å². The summed E-state index contributed by atoms with van der Waals surface area (Å²) in [5, 5.41) is 13.3. The van der Waals surface area contributed by atoms with Crippen LogP contribution in [0.1, 0.15) is 6.92 Å². The first-order valence-corrected chi connectivity index (χ1v) is 11.2. The first-order valence-electron chi connectivity index (χ1n) is 9.61. The van der Waals surface area contributed by atoms with Crippen molar-refractivity contribution in [3.8, 4) is 22.5 Å². The van der Waals surface area contributed by atoms with E-state index < -0.39 is 6.09 Å². The molecule has 0 saturated carbocycles. The van der Waals surface area contributed by atoms with Gasteiger partial charge in [-0.05, 0) is 43.3 Å². The van der Waals surface area contributed by atoms with Crippen molar-refractivity contribution < 1.29 is 14.3 Å². The average molecular weight is 465 g/mol. The van der Waals surface area contributed by atoms with Crippen LogP contribution in [0.2, 0.25) is 0 Å². The normalized spacial score (nSPS) is 11.2. The first-order chi connectivity index (χ1) is 15.6. The first kappa shape index (κ1) is 20.2. The van der Waals surface area contributed by atoms with Crippen LogP contribution in [0.5, 0.6) is 11.1 Å². The van der Waals surface area contributed by atoms with Gasteiger partial charge in [0, 0.05) is 21.4 Å². The highest BCUT2D eigenvalue weighted by molar-refractivity contribution is 7.99. The highest BCUT2D eigenvalue weighted by Gasteiger charge is 2.15. The third-order valence-electron chi connectivity index (χ3n) is 4.41. The Morgan fingerprint density at radius 1 is 1.16 bits per heavy atom. The van der Waals surface area contributed by atoms with Gasteiger partial charge in [0.15, 0.2) is 11.5 Å². The van der Waals surface area contributed by atoms with Gasteiger partial charge in [-0.3, -0.25) is 0 Å². The summed E-state index contributed by atoms with van der Waals surface area (Å²) >= 11 is 2.84. The number of nitrogens with two attached hydrogens (primary N) is 1. The van der Waals surface area contributed by atoms with Crippen molar-refractivity contribution in [2.45, 2.75) is 16.7 Å². The molecule has 11 heteroatoms. The Bertz CT molecular complexity index is 1450. The number of carbonyl (C=O) groups is 1. The molecule has 0 aliphatic heterocycles. The van der Waals surface area contributed by atoms with Gasteiger partial charge >= 0.3 is 6.09 Å². The van der Waals surface area contributed by atoms with E-state index in [1.165, 1.54) is 11.3 Å². The summed E-state index contributed by atoms with van der Waals surface area (Å²) in [5.74, 6) is 1.14. The molecular formula is C21H16N6O3S2. The summed E-state index contributed by atoms with van der Waals surface area (Å²) in [6.07, 6.45) is -0.880. The van der Waals surface area contributed by atoms with Crippen molar-refractivity contribution in [3.63, 3.8) is 0 Å². The van der Waals surface area contributed by atoms with Crippen molar-refractivity contribution >= 4 is 45.1 Å². The number of thiazole rings is 1. The Labute approximate surface area is 190 Å². The third-order valence-corrected chi connectivity index (χ3v) is 6.38. The van der Waals surface area contributed by atoms with Crippen LogP contribution in [0.25, 0.3) is 27.3 Å². The Morgan fingerprint density at radius 2 is 2.03 bits per heavy atom. The Balaban J connectivity index is 1.51. The minimum Gasteiger partial charge on any atom is -0.477 e. The van der Waals surface area contributed by atoms with E-state index >= 15 is 0 Å². The summed E-state index contributed by atoms with van der Waals surface area (Å²) in [6.45, 7) is 2.43. The molecule has 2 N–H and O–H groups in total. The second-order valence-electron chi connectivity index (χ2n) is 6.53. The largest absolute Gasteiger partial charge is 0.477 e. The topological polar surface area (TPSA) is 118 Å². The predicted octanol–water partition coefficient (Wildman–Crippen LogP) is 4.41. The maximum Gasteiger partial charge on any atom is 0.411 e. The predicted molar refractivity (Wildman–Crippen MR) is 121 cm³/mol. The van der Waals surface area contributed by atoms with Crippen LogP contribution in [0.4, 0.5) is 4.79 Å². The maximum absolute atomic E-state index is 11.0. The molecule has 2 aromatic carbocycles. The summed E-state index contributed by atoms with van der Waals surface area (Å²) in [4.78, 5) is 17.2. The van der Waals surface area contributed by atoms with E-state index in [-0.39, 0.29) is 5.19 Å². The van der Waals surface area contributed by atoms with E-state index in [1.807, 2.05) is 55.5 Å². The fourth-order valence-corrected chi connectivity index (χ4v) is 5.03. The Morgan fingerprint density at radius 3 is 2.88 bits per heavy atom. The van der Waals surface area contributed by atoms with E-state index in [2.05, 4.69) is 20.3 Å². The molecule has 3 aromatic heterocycles. The molecule has 1 amide bonds. The van der Waals surface area contributed by atoms with Crippen LogP contribution in [-0.2, 0) is 0 Å². The van der Waals surface area contributed by atoms with E-state index in [0.717, 1.165) is 25.6 Å². The van der Waals surface area contributed by atoms with Gasteiger partial charge in [0.2, 0.25) is 5.88 Å². The van der Waals surface area contributed by atoms with Crippen molar-refractivity contribution in [1.82, 2.24) is 24.8 Å². The number of amides is 1. The minimum absolute atomic E-state index is 0.223. The Hall–Kier alpha value is -3.70. The quantitative estimate of drug-likeness (QED) is 0.393. The fourth-order valence-electron chi connectivity index (χ4n) is 3.11. The maximum atomic E-state index is 11.0. The van der Waals surface area contributed by atoms with Crippen LogP contribution >= 0.6 is 23.1 Å². The zero-order chi connectivity index (χ0) is 22.1. The van der Waals surface area contributed by atoms with Crippen molar-refractivity contribution in [2.24, 2.45) is 5.73 Å². The van der Waals surface area contributed by atoms with Gasteiger partial charge in [-0.25, -0.2) is 9.78 Å². The molecule has 5 aromatic rings. The molecule has 0 unspecified atom stereocenters. The molecule has 0 radical (unpaired) electrons. The number of primary amides is 1. The molecule has 0 bridgehead atoms. The monoisotopic (exact) mass is 464 g/mol. The Kier molecular flexibility index (Phi) is 5.33. The minimum atomic E-state index is -0.880. The standard InChI is InChI=1S/C21H16N6O3S2/c1-2-29-18-10-9-17-24-25-19(27(17)26-18)13-5-3-4-6-15(13)31-12-7-8-14-16(11-12)32-21(23-14)30-20(22)28/h3-11H,2H2,1H3,(H2,22,28). The van der Waals surface area contributed by atoms with Crippen LogP contribution in [0, 0.1) is 0 Å². The zero-order valence-corrected chi connectivity index (χ0v) is 18.4. The summed E-state index contributed by atoms with van der Waals surface area (Å²) < 4.78 is 13.0. The van der Waals surface area contributed by atoms with Crippen LogP contribution in [0.3, 0.4) is 0 Å². The molecule has 32 heavy (non-hydrogen) atoms. The fraction of sp³-hybridized carbons (Fsp3) is 0.0952. The number of benzene rings is 2. The van der Waals surface area contributed by atoms with Crippen molar-refractivity contribution in [1.29, 1.82) is 0 Å². The van der Waals surface area contributed by atoms with Crippen molar-refractivity contribution in [3.05, 3.63) is 54.6 Å². The number of aromatic nitrogens is 5. The molecule has 3 heterocycles.